The Hall–Kier alpha value is -2.88. The van der Waals surface area contributed by atoms with Crippen LogP contribution in [-0.4, -0.2) is 31.4 Å². The zero-order chi connectivity index (χ0) is 21.0. The number of carbonyl (C=O) groups excluding carboxylic acids is 1. The highest BCUT2D eigenvalue weighted by molar-refractivity contribution is 7.74. The van der Waals surface area contributed by atoms with E-state index < -0.39 is 7.79 Å². The van der Waals surface area contributed by atoms with Crippen molar-refractivity contribution in [1.82, 2.24) is 0 Å². The molecular formula is C24H26N2O3P+. The van der Waals surface area contributed by atoms with Gasteiger partial charge in [0, 0.05) is 0 Å². The molecule has 3 aromatic rings. The predicted molar refractivity (Wildman–Crippen MR) is 123 cm³/mol. The average molecular weight is 421 g/mol. The quantitative estimate of drug-likeness (QED) is 0.425. The number of methoxy groups -OCH3 is 1. The van der Waals surface area contributed by atoms with E-state index in [0.717, 1.165) is 29.0 Å². The van der Waals surface area contributed by atoms with E-state index in [0.29, 0.717) is 13.1 Å². The van der Waals surface area contributed by atoms with E-state index in [9.17, 15) is 9.69 Å². The SMILES string of the molecule is COc1ccc(C(CC=O)[P+]2(O)N(c3ccccc3)CCN2c2ccccc2)cc1. The minimum Gasteiger partial charge on any atom is -0.497 e. The Morgan fingerprint density at radius 3 is 1.83 bits per heavy atom. The van der Waals surface area contributed by atoms with Gasteiger partial charge in [0.15, 0.2) is 5.66 Å². The number of anilines is 2. The number of para-hydroxylation sites is 2. The van der Waals surface area contributed by atoms with Gasteiger partial charge in [0.1, 0.15) is 12.0 Å². The van der Waals surface area contributed by atoms with Gasteiger partial charge in [-0.3, -0.25) is 0 Å². The summed E-state index contributed by atoms with van der Waals surface area (Å²) in [4.78, 5) is 24.2. The number of hydrogen-bond donors (Lipinski definition) is 1. The highest BCUT2D eigenvalue weighted by Gasteiger charge is 2.61. The average Bonchev–Trinajstić information content (AvgIpc) is 3.16. The van der Waals surface area contributed by atoms with Crippen molar-refractivity contribution in [3.63, 3.8) is 0 Å². The molecule has 1 heterocycles. The molecule has 1 aliphatic rings. The van der Waals surface area contributed by atoms with Crippen molar-refractivity contribution in [3.05, 3.63) is 90.5 Å². The van der Waals surface area contributed by atoms with Crippen LogP contribution in [0.1, 0.15) is 17.6 Å². The normalized spacial score (nSPS) is 16.3. The second kappa shape index (κ2) is 8.86. The molecule has 6 heteroatoms. The molecule has 154 valence electrons. The molecule has 4 rings (SSSR count). The molecule has 1 fully saturated rings. The van der Waals surface area contributed by atoms with Gasteiger partial charge >= 0.3 is 7.79 Å². The van der Waals surface area contributed by atoms with Crippen molar-refractivity contribution in [2.45, 2.75) is 12.1 Å². The van der Waals surface area contributed by atoms with Crippen LogP contribution in [0.15, 0.2) is 84.9 Å². The summed E-state index contributed by atoms with van der Waals surface area (Å²) < 4.78 is 9.52. The number of ether oxygens (including phenoxy) is 1. The first-order valence-electron chi connectivity index (χ1n) is 10.0. The van der Waals surface area contributed by atoms with Crippen molar-refractivity contribution in [2.75, 3.05) is 29.5 Å². The van der Waals surface area contributed by atoms with E-state index in [-0.39, 0.29) is 12.1 Å². The number of carbonyl (C=O) groups is 1. The first-order valence-corrected chi connectivity index (χ1v) is 11.8. The van der Waals surface area contributed by atoms with Crippen LogP contribution in [0.5, 0.6) is 5.75 Å². The first kappa shape index (κ1) is 20.4. The Balaban J connectivity index is 1.84. The van der Waals surface area contributed by atoms with Crippen LogP contribution >= 0.6 is 7.79 Å². The number of aldehydes is 1. The summed E-state index contributed by atoms with van der Waals surface area (Å²) in [6, 6.07) is 27.6. The van der Waals surface area contributed by atoms with Gasteiger partial charge in [-0.1, -0.05) is 48.5 Å². The fourth-order valence-electron chi connectivity index (χ4n) is 4.14. The number of nitrogens with zero attached hydrogens (tertiary/aromatic N) is 2. The van der Waals surface area contributed by atoms with Crippen molar-refractivity contribution in [2.24, 2.45) is 0 Å². The van der Waals surface area contributed by atoms with Gasteiger partial charge in [0.05, 0.1) is 38.0 Å². The Bertz CT molecular complexity index is 919. The maximum absolute atomic E-state index is 12.5. The fraction of sp³-hybridized carbons (Fsp3) is 0.208. The topological polar surface area (TPSA) is 53.0 Å². The third-order valence-corrected chi connectivity index (χ3v) is 9.21. The minimum atomic E-state index is -2.96. The highest BCUT2D eigenvalue weighted by Crippen LogP contribution is 2.75. The molecule has 1 N–H and O–H groups in total. The molecular weight excluding hydrogens is 395 g/mol. The summed E-state index contributed by atoms with van der Waals surface area (Å²) >= 11 is 0. The lowest BCUT2D eigenvalue weighted by Crippen LogP contribution is -2.29. The van der Waals surface area contributed by atoms with Crippen LogP contribution in [0.4, 0.5) is 11.4 Å². The van der Waals surface area contributed by atoms with E-state index in [4.69, 9.17) is 4.74 Å². The van der Waals surface area contributed by atoms with Gasteiger partial charge in [0.2, 0.25) is 0 Å². The van der Waals surface area contributed by atoms with Crippen LogP contribution in [-0.2, 0) is 4.79 Å². The fourth-order valence-corrected chi connectivity index (χ4v) is 7.73. The molecule has 1 saturated heterocycles. The molecule has 1 unspecified atom stereocenters. The van der Waals surface area contributed by atoms with E-state index >= 15 is 0 Å². The van der Waals surface area contributed by atoms with Crippen LogP contribution in [0, 0.1) is 0 Å². The summed E-state index contributed by atoms with van der Waals surface area (Å²) in [7, 11) is -1.33. The van der Waals surface area contributed by atoms with Gasteiger partial charge in [-0.15, -0.1) is 0 Å². The lowest BCUT2D eigenvalue weighted by atomic mass is 10.1. The molecule has 0 radical (unpaired) electrons. The molecule has 0 aliphatic carbocycles. The molecule has 3 aromatic carbocycles. The standard InChI is InChI=1S/C24H26N2O3P/c1-29-23-14-12-20(13-15-23)24(16-19-27)30(28)25(21-8-4-2-5-9-21)17-18-26(30)22-10-6-3-7-11-22/h2-15,19,24,28H,16-18H2,1H3/q+1. The molecule has 0 bridgehead atoms. The van der Waals surface area contributed by atoms with Crippen molar-refractivity contribution in [1.29, 1.82) is 0 Å². The van der Waals surface area contributed by atoms with Gasteiger partial charge in [-0.05, 0) is 42.0 Å². The Morgan fingerprint density at radius 1 is 0.900 bits per heavy atom. The maximum Gasteiger partial charge on any atom is 0.339 e. The van der Waals surface area contributed by atoms with Gasteiger partial charge < -0.3 is 9.53 Å². The summed E-state index contributed by atoms with van der Waals surface area (Å²) in [5.41, 5.74) is 2.53. The van der Waals surface area contributed by atoms with Crippen molar-refractivity contribution >= 4 is 25.5 Å². The molecule has 1 atom stereocenters. The Morgan fingerprint density at radius 2 is 1.40 bits per heavy atom. The zero-order valence-electron chi connectivity index (χ0n) is 17.0. The highest BCUT2D eigenvalue weighted by atomic mass is 31.2. The maximum atomic E-state index is 12.5. The monoisotopic (exact) mass is 421 g/mol. The first-order chi connectivity index (χ1) is 14.7. The van der Waals surface area contributed by atoms with E-state index in [1.165, 1.54) is 0 Å². The van der Waals surface area contributed by atoms with E-state index in [1.807, 2.05) is 84.9 Å². The van der Waals surface area contributed by atoms with Gasteiger partial charge in [-0.25, -0.2) is 14.2 Å². The smallest absolute Gasteiger partial charge is 0.339 e. The molecule has 0 aromatic heterocycles. The second-order valence-electron chi connectivity index (χ2n) is 7.22. The third kappa shape index (κ3) is 3.67. The van der Waals surface area contributed by atoms with Crippen LogP contribution in [0.3, 0.4) is 0 Å². The summed E-state index contributed by atoms with van der Waals surface area (Å²) in [5, 5.41) is 0. The Kier molecular flexibility index (Phi) is 6.03. The number of hydrogen-bond acceptors (Lipinski definition) is 5. The minimum absolute atomic E-state index is 0.239. The summed E-state index contributed by atoms with van der Waals surface area (Å²) in [6.45, 7) is 1.38. The van der Waals surface area contributed by atoms with Gasteiger partial charge in [0.25, 0.3) is 0 Å². The lowest BCUT2D eigenvalue weighted by molar-refractivity contribution is -0.107. The molecule has 0 saturated carbocycles. The number of benzene rings is 3. The third-order valence-electron chi connectivity index (χ3n) is 5.58. The van der Waals surface area contributed by atoms with Crippen molar-refractivity contribution < 1.29 is 14.4 Å². The molecule has 0 spiro atoms. The Labute approximate surface area is 178 Å². The van der Waals surface area contributed by atoms with E-state index in [2.05, 4.69) is 9.34 Å². The molecule has 30 heavy (non-hydrogen) atoms. The lowest BCUT2D eigenvalue weighted by Gasteiger charge is -2.36. The van der Waals surface area contributed by atoms with Crippen LogP contribution < -0.4 is 14.1 Å². The zero-order valence-corrected chi connectivity index (χ0v) is 17.9. The van der Waals surface area contributed by atoms with Crippen LogP contribution in [0.25, 0.3) is 0 Å². The van der Waals surface area contributed by atoms with Gasteiger partial charge in [-0.2, -0.15) is 0 Å². The van der Waals surface area contributed by atoms with Crippen molar-refractivity contribution in [3.8, 4) is 5.75 Å². The molecule has 5 nitrogen and oxygen atoms in total. The second-order valence-corrected chi connectivity index (χ2v) is 10.0. The number of rotatable bonds is 7. The largest absolute Gasteiger partial charge is 0.497 e. The molecule has 0 amide bonds. The summed E-state index contributed by atoms with van der Waals surface area (Å²) in [6.07, 6.45) is 1.15. The van der Waals surface area contributed by atoms with Crippen LogP contribution in [0.2, 0.25) is 0 Å². The predicted octanol–water partition coefficient (Wildman–Crippen LogP) is 5.11. The van der Waals surface area contributed by atoms with E-state index in [1.54, 1.807) is 7.11 Å². The molecule has 1 aliphatic heterocycles. The summed E-state index contributed by atoms with van der Waals surface area (Å²) in [5.74, 6) is 0.750.